The van der Waals surface area contributed by atoms with Gasteiger partial charge in [-0.1, -0.05) is 18.2 Å². The number of anilines is 2. The van der Waals surface area contributed by atoms with Crippen LogP contribution in [0.25, 0.3) is 5.69 Å². The van der Waals surface area contributed by atoms with Crippen molar-refractivity contribution in [3.63, 3.8) is 0 Å². The molecule has 3 aromatic rings. The lowest BCUT2D eigenvalue weighted by atomic mass is 10.1. The number of hydrogen-bond donors (Lipinski definition) is 1. The van der Waals surface area contributed by atoms with Crippen molar-refractivity contribution in [2.24, 2.45) is 0 Å². The van der Waals surface area contributed by atoms with E-state index in [0.29, 0.717) is 5.56 Å². The first-order valence-electron chi connectivity index (χ1n) is 9.22. The molecule has 0 saturated carbocycles. The van der Waals surface area contributed by atoms with Crippen LogP contribution in [0.15, 0.2) is 48.8 Å². The molecular formula is C20H22N6O. The minimum Gasteiger partial charge on any atom is -0.370 e. The van der Waals surface area contributed by atoms with E-state index in [1.54, 1.807) is 11.0 Å². The van der Waals surface area contributed by atoms with Crippen molar-refractivity contribution in [3.8, 4) is 5.69 Å². The predicted octanol–water partition coefficient (Wildman–Crippen LogP) is 3.21. The molecule has 1 aliphatic heterocycles. The average Bonchev–Trinajstić information content (AvgIpc) is 3.24. The van der Waals surface area contributed by atoms with Gasteiger partial charge in [0.05, 0.1) is 17.1 Å². The fraction of sp³-hybridized carbons (Fsp3) is 0.300. The molecule has 1 N–H and O–H groups in total. The predicted molar refractivity (Wildman–Crippen MR) is 104 cm³/mol. The zero-order chi connectivity index (χ0) is 18.6. The summed E-state index contributed by atoms with van der Waals surface area (Å²) in [5, 5.41) is 14.4. The molecule has 1 fully saturated rings. The molecule has 7 heteroatoms. The molecule has 0 aliphatic carbocycles. The number of hydrogen-bond acceptors (Lipinski definition) is 5. The van der Waals surface area contributed by atoms with E-state index in [2.05, 4.69) is 25.7 Å². The second-order valence-corrected chi connectivity index (χ2v) is 6.77. The lowest BCUT2D eigenvalue weighted by Gasteiger charge is -2.31. The Bertz CT molecular complexity index is 931. The molecule has 0 atom stereocenters. The summed E-state index contributed by atoms with van der Waals surface area (Å²) in [5.41, 5.74) is 4.24. The van der Waals surface area contributed by atoms with E-state index in [-0.39, 0.29) is 5.91 Å². The number of amides is 1. The monoisotopic (exact) mass is 362 g/mol. The van der Waals surface area contributed by atoms with Gasteiger partial charge in [0, 0.05) is 18.7 Å². The summed E-state index contributed by atoms with van der Waals surface area (Å²) in [4.78, 5) is 15.2. The molecule has 2 heterocycles. The van der Waals surface area contributed by atoms with E-state index < -0.39 is 0 Å². The number of tetrazole rings is 1. The molecule has 7 nitrogen and oxygen atoms in total. The van der Waals surface area contributed by atoms with Gasteiger partial charge in [-0.2, -0.15) is 0 Å². The lowest BCUT2D eigenvalue weighted by molar-refractivity contribution is 0.102. The van der Waals surface area contributed by atoms with Crippen molar-refractivity contribution >= 4 is 17.3 Å². The highest BCUT2D eigenvalue weighted by molar-refractivity contribution is 6.07. The van der Waals surface area contributed by atoms with Gasteiger partial charge in [-0.15, -0.1) is 5.10 Å². The summed E-state index contributed by atoms with van der Waals surface area (Å²) in [6, 6.07) is 13.5. The average molecular weight is 362 g/mol. The van der Waals surface area contributed by atoms with Gasteiger partial charge in [-0.25, -0.2) is 4.68 Å². The van der Waals surface area contributed by atoms with Crippen LogP contribution in [0.4, 0.5) is 11.4 Å². The maximum atomic E-state index is 12.9. The molecule has 1 amide bonds. The van der Waals surface area contributed by atoms with E-state index in [9.17, 15) is 4.79 Å². The van der Waals surface area contributed by atoms with Gasteiger partial charge < -0.3 is 10.2 Å². The molecule has 1 saturated heterocycles. The van der Waals surface area contributed by atoms with Crippen LogP contribution in [0.3, 0.4) is 0 Å². The molecule has 0 unspecified atom stereocenters. The highest BCUT2D eigenvalue weighted by Crippen LogP contribution is 2.31. The molecule has 1 aromatic heterocycles. The van der Waals surface area contributed by atoms with Crippen molar-refractivity contribution < 1.29 is 4.79 Å². The Hall–Kier alpha value is -3.22. The van der Waals surface area contributed by atoms with Crippen molar-refractivity contribution in [1.29, 1.82) is 0 Å². The summed E-state index contributed by atoms with van der Waals surface area (Å²) in [7, 11) is 0. The Morgan fingerprint density at radius 3 is 2.63 bits per heavy atom. The highest BCUT2D eigenvalue weighted by atomic mass is 16.1. The van der Waals surface area contributed by atoms with Crippen LogP contribution < -0.4 is 10.2 Å². The van der Waals surface area contributed by atoms with Gasteiger partial charge in [-0.3, -0.25) is 4.79 Å². The Morgan fingerprint density at radius 2 is 1.89 bits per heavy atom. The van der Waals surface area contributed by atoms with Crippen LogP contribution in [0, 0.1) is 6.92 Å². The van der Waals surface area contributed by atoms with Crippen LogP contribution in [-0.4, -0.2) is 39.2 Å². The number of carbonyl (C=O) groups is 1. The molecule has 4 rings (SSSR count). The van der Waals surface area contributed by atoms with Gasteiger partial charge >= 0.3 is 0 Å². The van der Waals surface area contributed by atoms with Crippen molar-refractivity contribution in [1.82, 2.24) is 20.2 Å². The maximum Gasteiger partial charge on any atom is 0.255 e. The smallest absolute Gasteiger partial charge is 0.255 e. The molecule has 1 aliphatic rings. The Labute approximate surface area is 158 Å². The second-order valence-electron chi connectivity index (χ2n) is 6.77. The number of nitrogens with one attached hydrogen (secondary N) is 1. The second kappa shape index (κ2) is 7.57. The minimum absolute atomic E-state index is 0.111. The Morgan fingerprint density at radius 1 is 1.07 bits per heavy atom. The number of aromatic nitrogens is 4. The number of rotatable bonds is 4. The first kappa shape index (κ1) is 17.2. The standard InChI is InChI=1S/C20H22N6O/c1-15-7-3-4-8-17(15)20(27)22-18-13-16(26-14-21-23-24-26)9-10-19(18)25-11-5-2-6-12-25/h3-4,7-10,13-14H,2,5-6,11-12H2,1H3,(H,22,27). The van der Waals surface area contributed by atoms with Gasteiger partial charge in [0.25, 0.3) is 5.91 Å². The summed E-state index contributed by atoms with van der Waals surface area (Å²) in [6.07, 6.45) is 5.13. The number of aryl methyl sites for hydroxylation is 1. The fourth-order valence-corrected chi connectivity index (χ4v) is 3.47. The van der Waals surface area contributed by atoms with Gasteiger partial charge in [0.15, 0.2) is 0 Å². The van der Waals surface area contributed by atoms with Crippen LogP contribution in [-0.2, 0) is 0 Å². The summed E-state index contributed by atoms with van der Waals surface area (Å²) < 4.78 is 1.59. The largest absolute Gasteiger partial charge is 0.370 e. The molecule has 138 valence electrons. The lowest BCUT2D eigenvalue weighted by Crippen LogP contribution is -2.30. The third-order valence-corrected chi connectivity index (χ3v) is 4.93. The van der Waals surface area contributed by atoms with Crippen LogP contribution >= 0.6 is 0 Å². The zero-order valence-corrected chi connectivity index (χ0v) is 15.3. The number of benzene rings is 2. The van der Waals surface area contributed by atoms with E-state index in [1.807, 2.05) is 49.4 Å². The maximum absolute atomic E-state index is 12.9. The molecular weight excluding hydrogens is 340 g/mol. The summed E-state index contributed by atoms with van der Waals surface area (Å²) in [6.45, 7) is 3.94. The zero-order valence-electron chi connectivity index (χ0n) is 15.3. The Balaban J connectivity index is 1.70. The number of nitrogens with zero attached hydrogens (tertiary/aromatic N) is 5. The van der Waals surface area contributed by atoms with Crippen LogP contribution in [0.2, 0.25) is 0 Å². The normalized spacial score (nSPS) is 14.2. The topological polar surface area (TPSA) is 75.9 Å². The van der Waals surface area contributed by atoms with E-state index in [1.165, 1.54) is 19.3 Å². The van der Waals surface area contributed by atoms with Crippen LogP contribution in [0.1, 0.15) is 35.2 Å². The van der Waals surface area contributed by atoms with Crippen molar-refractivity contribution in [2.45, 2.75) is 26.2 Å². The van der Waals surface area contributed by atoms with Gasteiger partial charge in [-0.05, 0) is 66.4 Å². The van der Waals surface area contributed by atoms with Crippen LogP contribution in [0.5, 0.6) is 0 Å². The third-order valence-electron chi connectivity index (χ3n) is 4.93. The molecule has 0 spiro atoms. The van der Waals surface area contributed by atoms with E-state index >= 15 is 0 Å². The molecule has 0 bridgehead atoms. The first-order valence-corrected chi connectivity index (χ1v) is 9.22. The third kappa shape index (κ3) is 3.67. The van der Waals surface area contributed by atoms with Crippen molar-refractivity contribution in [2.75, 3.05) is 23.3 Å². The highest BCUT2D eigenvalue weighted by Gasteiger charge is 2.18. The van der Waals surface area contributed by atoms with Crippen molar-refractivity contribution in [3.05, 3.63) is 59.9 Å². The van der Waals surface area contributed by atoms with E-state index in [4.69, 9.17) is 0 Å². The number of piperidine rings is 1. The SMILES string of the molecule is Cc1ccccc1C(=O)Nc1cc(-n2cnnn2)ccc1N1CCCCC1. The summed E-state index contributed by atoms with van der Waals surface area (Å²) in [5.74, 6) is -0.111. The van der Waals surface area contributed by atoms with E-state index in [0.717, 1.165) is 35.7 Å². The minimum atomic E-state index is -0.111. The van der Waals surface area contributed by atoms with Gasteiger partial charge in [0.2, 0.25) is 0 Å². The quantitative estimate of drug-likeness (QED) is 0.771. The number of carbonyl (C=O) groups excluding carboxylic acids is 1. The first-order chi connectivity index (χ1) is 13.2. The fourth-order valence-electron chi connectivity index (χ4n) is 3.47. The molecule has 2 aromatic carbocycles. The molecule has 0 radical (unpaired) electrons. The van der Waals surface area contributed by atoms with Gasteiger partial charge in [0.1, 0.15) is 6.33 Å². The Kier molecular flexibility index (Phi) is 4.82. The molecule has 27 heavy (non-hydrogen) atoms. The summed E-state index contributed by atoms with van der Waals surface area (Å²) >= 11 is 0.